The van der Waals surface area contributed by atoms with E-state index in [0.29, 0.717) is 0 Å². The van der Waals surface area contributed by atoms with E-state index in [1.54, 1.807) is 19.2 Å². The molecule has 2 rings (SSSR count). The molecule has 0 aliphatic carbocycles. The summed E-state index contributed by atoms with van der Waals surface area (Å²) in [4.78, 5) is 33.7. The number of amides is 3. The van der Waals surface area contributed by atoms with Gasteiger partial charge in [0.1, 0.15) is 4.90 Å². The van der Waals surface area contributed by atoms with Crippen LogP contribution in [0.3, 0.4) is 0 Å². The van der Waals surface area contributed by atoms with E-state index in [1.807, 2.05) is 0 Å². The summed E-state index contributed by atoms with van der Waals surface area (Å²) in [7, 11) is -3.99. The van der Waals surface area contributed by atoms with Crippen molar-refractivity contribution in [1.82, 2.24) is 9.62 Å². The predicted octanol–water partition coefficient (Wildman–Crippen LogP) is 0.490. The minimum Gasteiger partial charge on any atom is -0.452 e. The third-order valence-electron chi connectivity index (χ3n) is 3.77. The number of halogens is 1. The Morgan fingerprint density at radius 1 is 1.29 bits per heavy atom. The van der Waals surface area contributed by atoms with Crippen LogP contribution in [0, 0.1) is 0 Å². The van der Waals surface area contributed by atoms with Crippen LogP contribution in [-0.4, -0.2) is 62.5 Å². The molecule has 1 aliphatic heterocycles. The number of imide groups is 1. The maximum atomic E-state index is 13.0. The van der Waals surface area contributed by atoms with Crippen LogP contribution >= 0.6 is 11.6 Å². The molecule has 3 amide bonds. The number of hydrogen-bond donors (Lipinski definition) is 2. The molecule has 1 saturated heterocycles. The first-order valence-electron chi connectivity index (χ1n) is 8.22. The van der Waals surface area contributed by atoms with E-state index >= 15 is 0 Å². The van der Waals surface area contributed by atoms with Crippen LogP contribution in [0.2, 0.25) is 5.02 Å². The van der Waals surface area contributed by atoms with Crippen molar-refractivity contribution in [3.63, 3.8) is 0 Å². The summed E-state index contributed by atoms with van der Waals surface area (Å²) in [6.07, 6.45) is -0.594. The van der Waals surface area contributed by atoms with E-state index in [0.717, 1.165) is 6.07 Å². The molecule has 1 aromatic carbocycles. The highest BCUT2D eigenvalue weighted by atomic mass is 35.5. The Kier molecular flexibility index (Phi) is 6.99. The molecule has 0 aromatic heterocycles. The average Bonchev–Trinajstić information content (AvgIpc) is 2.58. The van der Waals surface area contributed by atoms with Gasteiger partial charge < -0.3 is 15.2 Å². The highest BCUT2D eigenvalue weighted by Gasteiger charge is 2.34. The standard InChI is InChI=1S/C16H20ClN3O7S/c1-9-6-20(7-10(2)27-9)28(24,25)13-5-11(3-4-12(13)17)15(22)26-8-14(21)19-16(18)23/h3-5,9-10H,6-8H2,1-2H3,(H3,18,19,21,23)/t9-,10-/m0/s1. The van der Waals surface area contributed by atoms with Gasteiger partial charge in [0, 0.05) is 13.1 Å². The van der Waals surface area contributed by atoms with E-state index < -0.39 is 34.5 Å². The molecule has 1 aliphatic rings. The minimum absolute atomic E-state index is 0.0604. The number of hydrogen-bond acceptors (Lipinski definition) is 7. The molecule has 0 spiro atoms. The van der Waals surface area contributed by atoms with Crippen LogP contribution in [-0.2, 0) is 24.3 Å². The Balaban J connectivity index is 2.21. The quantitative estimate of drug-likeness (QED) is 0.642. The van der Waals surface area contributed by atoms with Gasteiger partial charge in [0.25, 0.3) is 5.91 Å². The van der Waals surface area contributed by atoms with Crippen LogP contribution in [0.1, 0.15) is 24.2 Å². The van der Waals surface area contributed by atoms with Crippen LogP contribution in [0.15, 0.2) is 23.1 Å². The molecule has 0 bridgehead atoms. The molecule has 12 heteroatoms. The van der Waals surface area contributed by atoms with Gasteiger partial charge in [0.05, 0.1) is 22.8 Å². The summed E-state index contributed by atoms with van der Waals surface area (Å²) in [6, 6.07) is 2.51. The summed E-state index contributed by atoms with van der Waals surface area (Å²) in [5.41, 5.74) is 4.66. The lowest BCUT2D eigenvalue weighted by Crippen LogP contribution is -2.48. The highest BCUT2D eigenvalue weighted by Crippen LogP contribution is 2.28. The molecule has 1 aromatic rings. The third-order valence-corrected chi connectivity index (χ3v) is 6.08. The molecule has 0 unspecified atom stereocenters. The zero-order valence-corrected chi connectivity index (χ0v) is 16.7. The average molecular weight is 434 g/mol. The largest absolute Gasteiger partial charge is 0.452 e. The van der Waals surface area contributed by atoms with Gasteiger partial charge in [0.2, 0.25) is 10.0 Å². The van der Waals surface area contributed by atoms with Crippen molar-refractivity contribution in [2.75, 3.05) is 19.7 Å². The van der Waals surface area contributed by atoms with Crippen molar-refractivity contribution >= 4 is 39.5 Å². The SMILES string of the molecule is C[C@H]1CN(S(=O)(=O)c2cc(C(=O)OCC(=O)NC(N)=O)ccc2Cl)C[C@H](C)O1. The van der Waals surface area contributed by atoms with Crippen LogP contribution < -0.4 is 11.1 Å². The normalized spacial score (nSPS) is 20.4. The lowest BCUT2D eigenvalue weighted by molar-refractivity contribution is -0.123. The molecule has 28 heavy (non-hydrogen) atoms. The number of carbonyl (C=O) groups is 3. The van der Waals surface area contributed by atoms with Gasteiger partial charge in [0.15, 0.2) is 6.61 Å². The molecule has 3 N–H and O–H groups in total. The fraction of sp³-hybridized carbons (Fsp3) is 0.438. The summed E-state index contributed by atoms with van der Waals surface area (Å²) < 4.78 is 37.5. The number of benzene rings is 1. The van der Waals surface area contributed by atoms with Gasteiger partial charge in [-0.25, -0.2) is 18.0 Å². The van der Waals surface area contributed by atoms with Crippen molar-refractivity contribution in [3.05, 3.63) is 28.8 Å². The Morgan fingerprint density at radius 3 is 2.46 bits per heavy atom. The van der Waals surface area contributed by atoms with Gasteiger partial charge in [-0.05, 0) is 32.0 Å². The Labute approximate surface area is 167 Å². The molecule has 2 atom stereocenters. The van der Waals surface area contributed by atoms with E-state index in [-0.39, 0.29) is 40.8 Å². The molecule has 1 fully saturated rings. The highest BCUT2D eigenvalue weighted by molar-refractivity contribution is 7.89. The molecule has 0 saturated carbocycles. The number of carbonyl (C=O) groups excluding carboxylic acids is 3. The Bertz CT molecular complexity index is 880. The molecule has 154 valence electrons. The Morgan fingerprint density at radius 2 is 1.89 bits per heavy atom. The number of primary amides is 1. The van der Waals surface area contributed by atoms with Crippen LogP contribution in [0.4, 0.5) is 4.79 Å². The Hall–Kier alpha value is -2.21. The number of nitrogens with one attached hydrogen (secondary N) is 1. The lowest BCUT2D eigenvalue weighted by atomic mass is 10.2. The second-order valence-electron chi connectivity index (χ2n) is 6.21. The molecular formula is C16H20ClN3O7S. The summed E-state index contributed by atoms with van der Waals surface area (Å²) >= 11 is 6.06. The smallest absolute Gasteiger partial charge is 0.338 e. The van der Waals surface area contributed by atoms with Crippen molar-refractivity contribution in [1.29, 1.82) is 0 Å². The number of nitrogens with zero attached hydrogens (tertiary/aromatic N) is 1. The van der Waals surface area contributed by atoms with E-state index in [4.69, 9.17) is 26.8 Å². The van der Waals surface area contributed by atoms with Gasteiger partial charge in [-0.15, -0.1) is 0 Å². The fourth-order valence-corrected chi connectivity index (χ4v) is 4.77. The first kappa shape index (κ1) is 22.1. The maximum Gasteiger partial charge on any atom is 0.338 e. The van der Waals surface area contributed by atoms with Gasteiger partial charge >= 0.3 is 12.0 Å². The number of rotatable bonds is 5. The predicted molar refractivity (Wildman–Crippen MR) is 98.2 cm³/mol. The number of nitrogens with two attached hydrogens (primary N) is 1. The minimum atomic E-state index is -3.99. The topological polar surface area (TPSA) is 145 Å². The van der Waals surface area contributed by atoms with E-state index in [9.17, 15) is 22.8 Å². The van der Waals surface area contributed by atoms with Crippen LogP contribution in [0.5, 0.6) is 0 Å². The fourth-order valence-electron chi connectivity index (χ4n) is 2.68. The number of sulfonamides is 1. The molecule has 10 nitrogen and oxygen atoms in total. The van der Waals surface area contributed by atoms with Crippen molar-refractivity contribution in [3.8, 4) is 0 Å². The summed E-state index contributed by atoms with van der Waals surface area (Å²) in [6.45, 7) is 3.04. The summed E-state index contributed by atoms with van der Waals surface area (Å²) in [5.74, 6) is -1.88. The summed E-state index contributed by atoms with van der Waals surface area (Å²) in [5, 5.41) is 1.67. The number of urea groups is 1. The zero-order valence-electron chi connectivity index (χ0n) is 15.2. The van der Waals surface area contributed by atoms with Gasteiger partial charge in [-0.2, -0.15) is 4.31 Å². The van der Waals surface area contributed by atoms with Gasteiger partial charge in [-0.1, -0.05) is 11.6 Å². The molecule has 0 radical (unpaired) electrons. The second kappa shape index (κ2) is 8.86. The molecule has 1 heterocycles. The number of morpholine rings is 1. The monoisotopic (exact) mass is 433 g/mol. The van der Waals surface area contributed by atoms with Crippen molar-refractivity contribution < 1.29 is 32.3 Å². The molecular weight excluding hydrogens is 414 g/mol. The van der Waals surface area contributed by atoms with E-state index in [2.05, 4.69) is 0 Å². The van der Waals surface area contributed by atoms with Crippen molar-refractivity contribution in [2.45, 2.75) is 31.0 Å². The second-order valence-corrected chi connectivity index (χ2v) is 8.53. The van der Waals surface area contributed by atoms with Crippen LogP contribution in [0.25, 0.3) is 0 Å². The van der Waals surface area contributed by atoms with Crippen molar-refractivity contribution in [2.24, 2.45) is 5.73 Å². The maximum absolute atomic E-state index is 13.0. The number of esters is 1. The first-order valence-corrected chi connectivity index (χ1v) is 10.0. The number of ether oxygens (including phenoxy) is 2. The first-order chi connectivity index (χ1) is 13.0. The van der Waals surface area contributed by atoms with E-state index in [1.165, 1.54) is 16.4 Å². The zero-order chi connectivity index (χ0) is 21.1. The van der Waals surface area contributed by atoms with Gasteiger partial charge in [-0.3, -0.25) is 10.1 Å². The third kappa shape index (κ3) is 5.41. The lowest BCUT2D eigenvalue weighted by Gasteiger charge is -2.34.